The molecule has 0 aliphatic heterocycles. The maximum absolute atomic E-state index is 11.7. The summed E-state index contributed by atoms with van der Waals surface area (Å²) >= 11 is 5.29. The fraction of sp³-hybridized carbons (Fsp3) is 0.190. The lowest BCUT2D eigenvalue weighted by Gasteiger charge is -2.20. The highest BCUT2D eigenvalue weighted by atomic mass is 32.1. The van der Waals surface area contributed by atoms with E-state index >= 15 is 0 Å². The highest BCUT2D eigenvalue weighted by Crippen LogP contribution is 2.24. The summed E-state index contributed by atoms with van der Waals surface area (Å²) in [5, 5.41) is 10.4. The summed E-state index contributed by atoms with van der Waals surface area (Å²) < 4.78 is 5.15. The first-order chi connectivity index (χ1) is 13.2. The van der Waals surface area contributed by atoms with E-state index in [9.17, 15) is 9.90 Å². The van der Waals surface area contributed by atoms with Crippen molar-refractivity contribution < 1.29 is 14.6 Å². The van der Waals surface area contributed by atoms with E-state index in [4.69, 9.17) is 17.0 Å². The molecule has 28 heavy (non-hydrogen) atoms. The summed E-state index contributed by atoms with van der Waals surface area (Å²) in [7, 11) is 0. The van der Waals surface area contributed by atoms with Crippen LogP contribution in [-0.4, -0.2) is 26.8 Å². The number of phenols is 1. The molecule has 1 heterocycles. The third kappa shape index (κ3) is 4.95. The molecule has 144 valence electrons. The van der Waals surface area contributed by atoms with Crippen LogP contribution in [0.2, 0.25) is 0 Å². The molecule has 0 unspecified atom stereocenters. The number of ether oxygens (including phenoxy) is 1. The average Bonchev–Trinajstić information content (AvgIpc) is 2.64. The van der Waals surface area contributed by atoms with Gasteiger partial charge in [-0.25, -0.2) is 15.2 Å². The molecule has 0 saturated heterocycles. The Hall–Kier alpha value is -3.19. The molecular formula is C21H21N3O3S. The van der Waals surface area contributed by atoms with Gasteiger partial charge in [0, 0.05) is 16.5 Å². The summed E-state index contributed by atoms with van der Waals surface area (Å²) in [5.74, 6) is 0.215. The normalized spacial score (nSPS) is 11.1. The van der Waals surface area contributed by atoms with E-state index in [0.29, 0.717) is 4.99 Å². The molecular weight excluding hydrogens is 374 g/mol. The van der Waals surface area contributed by atoms with Gasteiger partial charge in [-0.05, 0) is 45.0 Å². The van der Waals surface area contributed by atoms with Crippen LogP contribution in [0.15, 0.2) is 54.6 Å². The SMILES string of the molecule is CC(C)(C)OC(=O)NNC(=S)c1ccc(-c2ccc3cc(O)ccc3n2)cc1. The molecule has 3 N–H and O–H groups in total. The average molecular weight is 395 g/mol. The predicted octanol–water partition coefficient (Wildman–Crippen LogP) is 4.31. The number of benzene rings is 2. The van der Waals surface area contributed by atoms with Crippen molar-refractivity contribution in [1.82, 2.24) is 15.8 Å². The zero-order chi connectivity index (χ0) is 20.3. The first-order valence-electron chi connectivity index (χ1n) is 8.71. The molecule has 0 radical (unpaired) electrons. The molecule has 0 spiro atoms. The van der Waals surface area contributed by atoms with Crippen molar-refractivity contribution in [1.29, 1.82) is 0 Å². The number of thiocarbonyl (C=S) groups is 1. The lowest BCUT2D eigenvalue weighted by molar-refractivity contribution is 0.0513. The number of aromatic hydroxyl groups is 1. The van der Waals surface area contributed by atoms with E-state index in [2.05, 4.69) is 15.8 Å². The van der Waals surface area contributed by atoms with Crippen LogP contribution in [0, 0.1) is 0 Å². The van der Waals surface area contributed by atoms with Crippen molar-refractivity contribution in [2.75, 3.05) is 0 Å². The molecule has 1 amide bonds. The van der Waals surface area contributed by atoms with Crippen molar-refractivity contribution >= 4 is 34.2 Å². The van der Waals surface area contributed by atoms with Gasteiger partial charge in [0.1, 0.15) is 16.3 Å². The van der Waals surface area contributed by atoms with E-state index < -0.39 is 11.7 Å². The van der Waals surface area contributed by atoms with Gasteiger partial charge in [0.05, 0.1) is 11.2 Å². The Balaban J connectivity index is 1.68. The fourth-order valence-corrected chi connectivity index (χ4v) is 2.74. The van der Waals surface area contributed by atoms with Crippen LogP contribution in [0.3, 0.4) is 0 Å². The molecule has 7 heteroatoms. The molecule has 2 aromatic carbocycles. The molecule has 0 aliphatic rings. The number of hydrogen-bond donors (Lipinski definition) is 3. The number of carbonyl (C=O) groups excluding carboxylic acids is 1. The van der Waals surface area contributed by atoms with Crippen LogP contribution in [0.4, 0.5) is 4.79 Å². The minimum Gasteiger partial charge on any atom is -0.508 e. The Kier molecular flexibility index (Phi) is 5.46. The molecule has 0 atom stereocenters. The van der Waals surface area contributed by atoms with Gasteiger partial charge in [-0.1, -0.05) is 42.5 Å². The van der Waals surface area contributed by atoms with Gasteiger partial charge in [0.2, 0.25) is 0 Å². The number of amides is 1. The van der Waals surface area contributed by atoms with Gasteiger partial charge in [-0.3, -0.25) is 5.43 Å². The molecule has 0 fully saturated rings. The Labute approximate surface area is 168 Å². The van der Waals surface area contributed by atoms with Gasteiger partial charge >= 0.3 is 6.09 Å². The quantitative estimate of drug-likeness (QED) is 0.443. The van der Waals surface area contributed by atoms with E-state index in [1.165, 1.54) is 0 Å². The maximum Gasteiger partial charge on any atom is 0.426 e. The van der Waals surface area contributed by atoms with Gasteiger partial charge in [0.15, 0.2) is 0 Å². The van der Waals surface area contributed by atoms with Crippen molar-refractivity contribution in [3.63, 3.8) is 0 Å². The number of hydrazine groups is 1. The van der Waals surface area contributed by atoms with Crippen LogP contribution < -0.4 is 10.9 Å². The second-order valence-electron chi connectivity index (χ2n) is 7.23. The zero-order valence-corrected chi connectivity index (χ0v) is 16.6. The van der Waals surface area contributed by atoms with Gasteiger partial charge < -0.3 is 9.84 Å². The number of pyridine rings is 1. The van der Waals surface area contributed by atoms with Gasteiger partial charge in [-0.2, -0.15) is 0 Å². The minimum atomic E-state index is -0.599. The summed E-state index contributed by atoms with van der Waals surface area (Å²) in [6.45, 7) is 5.35. The van der Waals surface area contributed by atoms with Crippen LogP contribution in [0.5, 0.6) is 5.75 Å². The minimum absolute atomic E-state index is 0.215. The number of aromatic nitrogens is 1. The van der Waals surface area contributed by atoms with Crippen LogP contribution in [0.1, 0.15) is 26.3 Å². The highest BCUT2D eigenvalue weighted by molar-refractivity contribution is 7.80. The molecule has 0 saturated carbocycles. The molecule has 1 aromatic heterocycles. The highest BCUT2D eigenvalue weighted by Gasteiger charge is 2.16. The molecule has 6 nitrogen and oxygen atoms in total. The number of phenolic OH excluding ortho intramolecular Hbond substituents is 1. The standard InChI is InChI=1S/C21H21N3O3S/c1-21(2,3)27-20(26)24-23-19(28)14-6-4-13(5-7-14)17-10-8-15-12-16(25)9-11-18(15)22-17/h4-12,25H,1-3H3,(H,23,28)(H,24,26). The second-order valence-corrected chi connectivity index (χ2v) is 7.64. The summed E-state index contributed by atoms with van der Waals surface area (Å²) in [5.41, 5.74) is 7.82. The second kappa shape index (κ2) is 7.82. The lowest BCUT2D eigenvalue weighted by atomic mass is 10.1. The molecule has 0 aliphatic carbocycles. The number of carbonyl (C=O) groups is 1. The van der Waals surface area contributed by atoms with E-state index in [1.807, 2.05) is 36.4 Å². The van der Waals surface area contributed by atoms with Gasteiger partial charge in [0.25, 0.3) is 0 Å². The van der Waals surface area contributed by atoms with Crippen LogP contribution >= 0.6 is 12.2 Å². The van der Waals surface area contributed by atoms with Crippen molar-refractivity contribution in [3.05, 3.63) is 60.2 Å². The fourth-order valence-electron chi connectivity index (χ4n) is 2.55. The van der Waals surface area contributed by atoms with E-state index in [1.54, 1.807) is 39.0 Å². The predicted molar refractivity (Wildman–Crippen MR) is 113 cm³/mol. The topological polar surface area (TPSA) is 83.5 Å². The monoisotopic (exact) mass is 395 g/mol. The number of fused-ring (bicyclic) bond motifs is 1. The van der Waals surface area contributed by atoms with Crippen LogP contribution in [0.25, 0.3) is 22.2 Å². The van der Waals surface area contributed by atoms with Crippen molar-refractivity contribution in [3.8, 4) is 17.0 Å². The molecule has 0 bridgehead atoms. The molecule has 3 rings (SSSR count). The number of rotatable bonds is 2. The number of nitrogens with one attached hydrogen (secondary N) is 2. The third-order valence-electron chi connectivity index (χ3n) is 3.79. The maximum atomic E-state index is 11.7. The molecule has 3 aromatic rings. The first kappa shape index (κ1) is 19.6. The lowest BCUT2D eigenvalue weighted by Crippen LogP contribution is -2.43. The smallest absolute Gasteiger partial charge is 0.426 e. The van der Waals surface area contributed by atoms with E-state index in [0.717, 1.165) is 27.7 Å². The van der Waals surface area contributed by atoms with E-state index in [-0.39, 0.29) is 5.75 Å². The van der Waals surface area contributed by atoms with Crippen molar-refractivity contribution in [2.24, 2.45) is 0 Å². The summed E-state index contributed by atoms with van der Waals surface area (Å²) in [4.78, 5) is 16.7. The van der Waals surface area contributed by atoms with Crippen LogP contribution in [-0.2, 0) is 4.74 Å². The Bertz CT molecular complexity index is 1030. The van der Waals surface area contributed by atoms with Crippen molar-refractivity contribution in [2.45, 2.75) is 26.4 Å². The third-order valence-corrected chi connectivity index (χ3v) is 4.13. The van der Waals surface area contributed by atoms with Gasteiger partial charge in [-0.15, -0.1) is 0 Å². The Morgan fingerprint density at radius 3 is 2.43 bits per heavy atom. The summed E-state index contributed by atoms with van der Waals surface area (Å²) in [6, 6.07) is 16.4. The number of hydrogen-bond acceptors (Lipinski definition) is 5. The largest absolute Gasteiger partial charge is 0.508 e. The first-order valence-corrected chi connectivity index (χ1v) is 9.12. The number of nitrogens with zero attached hydrogens (tertiary/aromatic N) is 1. The Morgan fingerprint density at radius 2 is 1.75 bits per heavy atom. The Morgan fingerprint density at radius 1 is 1.04 bits per heavy atom. The summed E-state index contributed by atoms with van der Waals surface area (Å²) in [6.07, 6.45) is -0.599. The zero-order valence-electron chi connectivity index (χ0n) is 15.8.